The van der Waals surface area contributed by atoms with E-state index in [0.717, 1.165) is 23.7 Å². The fourth-order valence-electron chi connectivity index (χ4n) is 1.31. The summed E-state index contributed by atoms with van der Waals surface area (Å²) in [4.78, 5) is 4.60. The Balaban J connectivity index is 2.53. The number of hydrogen-bond acceptors (Lipinski definition) is 4. The third kappa shape index (κ3) is 3.85. The van der Waals surface area contributed by atoms with Gasteiger partial charge in [-0.25, -0.2) is 4.98 Å². The van der Waals surface area contributed by atoms with Crippen molar-refractivity contribution < 1.29 is 5.11 Å². The van der Waals surface area contributed by atoms with Crippen molar-refractivity contribution in [2.45, 2.75) is 52.1 Å². The van der Waals surface area contributed by atoms with Crippen LogP contribution in [0.2, 0.25) is 0 Å². The third-order valence-corrected chi connectivity index (χ3v) is 3.42. The highest BCUT2D eigenvalue weighted by atomic mass is 32.1. The Morgan fingerprint density at radius 2 is 2.19 bits per heavy atom. The molecule has 1 rings (SSSR count). The van der Waals surface area contributed by atoms with Gasteiger partial charge >= 0.3 is 0 Å². The summed E-state index contributed by atoms with van der Waals surface area (Å²) in [6.45, 7) is 9.51. The molecule has 4 heteroatoms. The van der Waals surface area contributed by atoms with Crippen LogP contribution in [0.1, 0.15) is 44.8 Å². The smallest absolute Gasteiger partial charge is 0.107 e. The van der Waals surface area contributed by atoms with E-state index in [4.69, 9.17) is 5.11 Å². The van der Waals surface area contributed by atoms with Gasteiger partial charge in [-0.1, -0.05) is 27.7 Å². The molecule has 92 valence electrons. The molecule has 3 nitrogen and oxygen atoms in total. The molecule has 0 saturated carbocycles. The molecule has 0 radical (unpaired) electrons. The van der Waals surface area contributed by atoms with Gasteiger partial charge in [-0.3, -0.25) is 0 Å². The summed E-state index contributed by atoms with van der Waals surface area (Å²) < 4.78 is 0. The van der Waals surface area contributed by atoms with Crippen molar-refractivity contribution in [1.29, 1.82) is 0 Å². The topological polar surface area (TPSA) is 45.1 Å². The van der Waals surface area contributed by atoms with Crippen LogP contribution in [-0.4, -0.2) is 22.7 Å². The van der Waals surface area contributed by atoms with E-state index in [1.807, 2.05) is 0 Å². The molecular weight excluding hydrogens is 220 g/mol. The van der Waals surface area contributed by atoms with Crippen molar-refractivity contribution in [3.05, 3.63) is 16.1 Å². The quantitative estimate of drug-likeness (QED) is 0.833. The largest absolute Gasteiger partial charge is 0.395 e. The Morgan fingerprint density at radius 3 is 2.62 bits per heavy atom. The van der Waals surface area contributed by atoms with Crippen LogP contribution in [0.15, 0.2) is 5.38 Å². The van der Waals surface area contributed by atoms with E-state index >= 15 is 0 Å². The van der Waals surface area contributed by atoms with Gasteiger partial charge in [0.25, 0.3) is 0 Å². The van der Waals surface area contributed by atoms with Crippen molar-refractivity contribution in [3.63, 3.8) is 0 Å². The second-order valence-electron chi connectivity index (χ2n) is 5.05. The van der Waals surface area contributed by atoms with Crippen LogP contribution in [0.25, 0.3) is 0 Å². The molecule has 2 N–H and O–H groups in total. The number of aromatic nitrogens is 1. The SMILES string of the molecule is CCC(CO)NCc1nc(C(C)(C)C)cs1. The number of rotatable bonds is 5. The molecule has 1 aromatic heterocycles. The fourth-order valence-corrected chi connectivity index (χ4v) is 2.28. The van der Waals surface area contributed by atoms with Gasteiger partial charge in [0.15, 0.2) is 0 Å². The van der Waals surface area contributed by atoms with Crippen molar-refractivity contribution in [1.82, 2.24) is 10.3 Å². The van der Waals surface area contributed by atoms with Crippen LogP contribution in [0.4, 0.5) is 0 Å². The third-order valence-electron chi connectivity index (χ3n) is 2.58. The van der Waals surface area contributed by atoms with Crippen molar-refractivity contribution in [2.24, 2.45) is 0 Å². The maximum absolute atomic E-state index is 9.06. The van der Waals surface area contributed by atoms with E-state index in [0.29, 0.717) is 0 Å². The molecular formula is C12H22N2OS. The molecule has 0 saturated heterocycles. The van der Waals surface area contributed by atoms with Crippen LogP contribution in [0, 0.1) is 0 Å². The molecule has 1 heterocycles. The number of hydrogen-bond donors (Lipinski definition) is 2. The van der Waals surface area contributed by atoms with Crippen LogP contribution in [-0.2, 0) is 12.0 Å². The molecule has 0 bridgehead atoms. The summed E-state index contributed by atoms with van der Waals surface area (Å²) in [5.74, 6) is 0. The van der Waals surface area contributed by atoms with Gasteiger partial charge in [0.2, 0.25) is 0 Å². The summed E-state index contributed by atoms with van der Waals surface area (Å²) in [5.41, 5.74) is 1.27. The van der Waals surface area contributed by atoms with Gasteiger partial charge in [-0.2, -0.15) is 0 Å². The predicted octanol–water partition coefficient (Wildman–Crippen LogP) is 2.30. The average molecular weight is 242 g/mol. The minimum atomic E-state index is 0.121. The monoisotopic (exact) mass is 242 g/mol. The zero-order valence-corrected chi connectivity index (χ0v) is 11.4. The molecule has 0 aliphatic carbocycles. The van der Waals surface area contributed by atoms with E-state index in [2.05, 4.69) is 43.4 Å². The highest BCUT2D eigenvalue weighted by Crippen LogP contribution is 2.23. The standard InChI is InChI=1S/C12H22N2OS/c1-5-9(7-15)13-6-11-14-10(8-16-11)12(2,3)4/h8-9,13,15H,5-7H2,1-4H3. The number of nitrogens with zero attached hydrogens (tertiary/aromatic N) is 1. The number of aliphatic hydroxyl groups is 1. The molecule has 0 spiro atoms. The lowest BCUT2D eigenvalue weighted by atomic mass is 9.93. The first-order valence-corrected chi connectivity index (χ1v) is 6.64. The van der Waals surface area contributed by atoms with Crippen LogP contribution >= 0.6 is 11.3 Å². The highest BCUT2D eigenvalue weighted by molar-refractivity contribution is 7.09. The predicted molar refractivity (Wildman–Crippen MR) is 68.8 cm³/mol. The van der Waals surface area contributed by atoms with E-state index < -0.39 is 0 Å². The number of nitrogens with one attached hydrogen (secondary N) is 1. The molecule has 16 heavy (non-hydrogen) atoms. The summed E-state index contributed by atoms with van der Waals surface area (Å²) in [6, 6.07) is 0.182. The Bertz CT molecular complexity index is 313. The van der Waals surface area contributed by atoms with E-state index in [-0.39, 0.29) is 18.1 Å². The lowest BCUT2D eigenvalue weighted by Gasteiger charge is -2.15. The van der Waals surface area contributed by atoms with Crippen molar-refractivity contribution >= 4 is 11.3 Å². The van der Waals surface area contributed by atoms with E-state index in [9.17, 15) is 0 Å². The van der Waals surface area contributed by atoms with Gasteiger partial charge in [0, 0.05) is 23.4 Å². The van der Waals surface area contributed by atoms with Crippen molar-refractivity contribution in [3.8, 4) is 0 Å². The molecule has 1 atom stereocenters. The Hall–Kier alpha value is -0.450. The van der Waals surface area contributed by atoms with Gasteiger partial charge in [-0.05, 0) is 6.42 Å². The maximum atomic E-state index is 9.06. The first-order chi connectivity index (χ1) is 7.47. The highest BCUT2D eigenvalue weighted by Gasteiger charge is 2.17. The van der Waals surface area contributed by atoms with Crippen molar-refractivity contribution in [2.75, 3.05) is 6.61 Å². The minimum Gasteiger partial charge on any atom is -0.395 e. The van der Waals surface area contributed by atoms with Crippen LogP contribution < -0.4 is 5.32 Å². The minimum absolute atomic E-state index is 0.121. The first kappa shape index (κ1) is 13.6. The zero-order chi connectivity index (χ0) is 12.2. The maximum Gasteiger partial charge on any atom is 0.107 e. The molecule has 0 aliphatic heterocycles. The van der Waals surface area contributed by atoms with Gasteiger partial charge in [0.05, 0.1) is 12.3 Å². The van der Waals surface area contributed by atoms with Crippen LogP contribution in [0.5, 0.6) is 0 Å². The van der Waals surface area contributed by atoms with Gasteiger partial charge < -0.3 is 10.4 Å². The average Bonchev–Trinajstić information content (AvgIpc) is 2.67. The first-order valence-electron chi connectivity index (χ1n) is 5.76. The van der Waals surface area contributed by atoms with E-state index in [1.165, 1.54) is 0 Å². The fraction of sp³-hybridized carbons (Fsp3) is 0.750. The molecule has 0 aromatic carbocycles. The summed E-state index contributed by atoms with van der Waals surface area (Å²) in [5, 5.41) is 15.6. The molecule has 1 unspecified atom stereocenters. The molecule has 0 amide bonds. The summed E-state index contributed by atoms with van der Waals surface area (Å²) in [7, 11) is 0. The van der Waals surface area contributed by atoms with E-state index in [1.54, 1.807) is 11.3 Å². The molecule has 0 fully saturated rings. The second-order valence-corrected chi connectivity index (χ2v) is 5.99. The zero-order valence-electron chi connectivity index (χ0n) is 10.6. The Morgan fingerprint density at radius 1 is 1.50 bits per heavy atom. The number of thiazole rings is 1. The summed E-state index contributed by atoms with van der Waals surface area (Å²) in [6.07, 6.45) is 0.938. The lowest BCUT2D eigenvalue weighted by molar-refractivity contribution is 0.238. The summed E-state index contributed by atoms with van der Waals surface area (Å²) >= 11 is 1.68. The van der Waals surface area contributed by atoms with Gasteiger partial charge in [-0.15, -0.1) is 11.3 Å². The molecule has 1 aromatic rings. The lowest BCUT2D eigenvalue weighted by Crippen LogP contribution is -2.31. The second kappa shape index (κ2) is 5.75. The Labute approximate surface area is 102 Å². The Kier molecular flexibility index (Phi) is 4.89. The van der Waals surface area contributed by atoms with Gasteiger partial charge in [0.1, 0.15) is 5.01 Å². The number of aliphatic hydroxyl groups excluding tert-OH is 1. The van der Waals surface area contributed by atoms with Crippen LogP contribution in [0.3, 0.4) is 0 Å². The molecule has 0 aliphatic rings. The normalized spacial score (nSPS) is 14.1.